The molecule has 0 spiro atoms. The lowest BCUT2D eigenvalue weighted by molar-refractivity contribution is -0.167. The molecular weight excluding hydrogens is 757 g/mol. The van der Waals surface area contributed by atoms with E-state index in [0.717, 1.165) is 135 Å². The maximum absolute atomic E-state index is 12.8. The fourth-order valence-corrected chi connectivity index (χ4v) is 6.23. The van der Waals surface area contributed by atoms with Crippen molar-refractivity contribution < 1.29 is 28.6 Å². The van der Waals surface area contributed by atoms with Gasteiger partial charge < -0.3 is 14.2 Å². The molecule has 1 atom stereocenters. The lowest BCUT2D eigenvalue weighted by Crippen LogP contribution is -2.30. The van der Waals surface area contributed by atoms with Gasteiger partial charge in [-0.05, 0) is 103 Å². The summed E-state index contributed by atoms with van der Waals surface area (Å²) in [5.74, 6) is -0.972. The maximum atomic E-state index is 12.8. The van der Waals surface area contributed by atoms with Crippen LogP contribution in [-0.4, -0.2) is 37.2 Å². The summed E-state index contributed by atoms with van der Waals surface area (Å²) in [6.07, 6.45) is 65.0. The molecule has 61 heavy (non-hydrogen) atoms. The van der Waals surface area contributed by atoms with Crippen LogP contribution in [0.1, 0.15) is 201 Å². The summed E-state index contributed by atoms with van der Waals surface area (Å²) >= 11 is 0. The molecule has 0 N–H and O–H groups in total. The Morgan fingerprint density at radius 2 is 0.672 bits per heavy atom. The first-order chi connectivity index (χ1) is 30.0. The topological polar surface area (TPSA) is 78.9 Å². The average molecular weight is 845 g/mol. The van der Waals surface area contributed by atoms with E-state index in [0.29, 0.717) is 19.3 Å². The molecule has 0 aliphatic rings. The number of allylic oxidation sites excluding steroid dienone is 18. The van der Waals surface area contributed by atoms with Gasteiger partial charge in [-0.25, -0.2) is 0 Å². The summed E-state index contributed by atoms with van der Waals surface area (Å²) in [5, 5.41) is 0. The smallest absolute Gasteiger partial charge is 0.306 e. The van der Waals surface area contributed by atoms with Crippen molar-refractivity contribution in [2.24, 2.45) is 0 Å². The highest BCUT2D eigenvalue weighted by atomic mass is 16.6. The van der Waals surface area contributed by atoms with Crippen LogP contribution >= 0.6 is 0 Å². The second-order valence-electron chi connectivity index (χ2n) is 15.6. The Morgan fingerprint density at radius 1 is 0.344 bits per heavy atom. The predicted octanol–water partition coefficient (Wildman–Crippen LogP) is 16.0. The molecule has 0 saturated carbocycles. The Bertz CT molecular complexity index is 1290. The molecule has 0 fully saturated rings. The Kier molecular flexibility index (Phi) is 45.6. The molecule has 0 saturated heterocycles. The monoisotopic (exact) mass is 845 g/mol. The van der Waals surface area contributed by atoms with Crippen molar-refractivity contribution in [1.82, 2.24) is 0 Å². The van der Waals surface area contributed by atoms with Crippen LogP contribution in [0.4, 0.5) is 0 Å². The highest BCUT2D eigenvalue weighted by Gasteiger charge is 2.19. The second kappa shape index (κ2) is 48.7. The SMILES string of the molecule is CC/C=C/C=C/C=C/CCCCCCCC(=O)OCC(COC(=O)CCCCC/C=C/C/C=C/C/C=C/C/C=C/CC)OC(=O)CCCCCCCCC/C=C/C/C=C/CC. The lowest BCUT2D eigenvalue weighted by atomic mass is 10.1. The van der Waals surface area contributed by atoms with Crippen molar-refractivity contribution in [3.63, 3.8) is 0 Å². The first-order valence-electron chi connectivity index (χ1n) is 24.4. The van der Waals surface area contributed by atoms with Crippen LogP contribution in [0.15, 0.2) is 109 Å². The first-order valence-corrected chi connectivity index (χ1v) is 24.4. The molecule has 0 aromatic heterocycles. The van der Waals surface area contributed by atoms with E-state index >= 15 is 0 Å². The number of carbonyl (C=O) groups is 3. The van der Waals surface area contributed by atoms with Gasteiger partial charge in [0, 0.05) is 19.3 Å². The zero-order valence-corrected chi connectivity index (χ0v) is 39.1. The molecule has 0 bridgehead atoms. The third-order valence-corrected chi connectivity index (χ3v) is 9.81. The lowest BCUT2D eigenvalue weighted by Gasteiger charge is -2.18. The molecule has 0 amide bonds. The Balaban J connectivity index is 4.50. The zero-order chi connectivity index (χ0) is 44.4. The Labute approximate surface area is 374 Å². The molecule has 0 aromatic carbocycles. The molecular formula is C55H88O6. The summed E-state index contributed by atoms with van der Waals surface area (Å²) in [7, 11) is 0. The molecule has 1 unspecified atom stereocenters. The first kappa shape index (κ1) is 57.1. The van der Waals surface area contributed by atoms with Crippen LogP contribution in [-0.2, 0) is 28.6 Å². The summed E-state index contributed by atoms with van der Waals surface area (Å²) in [5.41, 5.74) is 0. The summed E-state index contributed by atoms with van der Waals surface area (Å²) in [4.78, 5) is 37.9. The summed E-state index contributed by atoms with van der Waals surface area (Å²) < 4.78 is 16.7. The van der Waals surface area contributed by atoms with Crippen molar-refractivity contribution in [2.45, 2.75) is 207 Å². The molecule has 6 nitrogen and oxygen atoms in total. The highest BCUT2D eigenvalue weighted by Crippen LogP contribution is 2.13. The van der Waals surface area contributed by atoms with Crippen molar-refractivity contribution in [1.29, 1.82) is 0 Å². The molecule has 0 aliphatic heterocycles. The van der Waals surface area contributed by atoms with E-state index in [1.54, 1.807) is 0 Å². The van der Waals surface area contributed by atoms with Gasteiger partial charge in [0.1, 0.15) is 13.2 Å². The Hall–Kier alpha value is -3.93. The molecule has 0 rings (SSSR count). The molecule has 6 heteroatoms. The van der Waals surface area contributed by atoms with Crippen molar-refractivity contribution in [2.75, 3.05) is 13.2 Å². The third kappa shape index (κ3) is 47.0. The zero-order valence-electron chi connectivity index (χ0n) is 39.1. The van der Waals surface area contributed by atoms with Crippen LogP contribution in [0.3, 0.4) is 0 Å². The van der Waals surface area contributed by atoms with Gasteiger partial charge in [-0.2, -0.15) is 0 Å². The number of hydrogen-bond donors (Lipinski definition) is 0. The van der Waals surface area contributed by atoms with Gasteiger partial charge in [0.05, 0.1) is 0 Å². The molecule has 0 aromatic rings. The standard InChI is InChI=1S/C55H88O6/c1-4-7-10-13-16-19-22-25-27-28-31-33-36-39-42-45-48-54(57)60-51-52(50-59-53(56)47-44-41-38-35-32-29-24-21-18-15-12-9-6-3)61-55(58)49-46-43-40-37-34-30-26-23-20-17-14-11-8-5-2/h7-12,15-21,24-25,27,31,33,52H,4-6,13-14,22-23,26,28-30,32,34-51H2,1-3H3/b10-7+,11-8+,12-9+,18-15+,19-16+,20-17+,24-21+,27-25+,33-31+. The minimum absolute atomic E-state index is 0.105. The summed E-state index contributed by atoms with van der Waals surface area (Å²) in [6.45, 7) is 6.21. The molecule has 0 heterocycles. The van der Waals surface area contributed by atoms with E-state index in [2.05, 4.69) is 130 Å². The number of unbranched alkanes of at least 4 members (excludes halogenated alkanes) is 15. The van der Waals surface area contributed by atoms with E-state index in [9.17, 15) is 14.4 Å². The van der Waals surface area contributed by atoms with Crippen molar-refractivity contribution in [3.8, 4) is 0 Å². The largest absolute Gasteiger partial charge is 0.462 e. The number of hydrogen-bond acceptors (Lipinski definition) is 6. The summed E-state index contributed by atoms with van der Waals surface area (Å²) in [6, 6.07) is 0. The van der Waals surface area contributed by atoms with Crippen LogP contribution in [0.2, 0.25) is 0 Å². The van der Waals surface area contributed by atoms with Crippen LogP contribution in [0.25, 0.3) is 0 Å². The molecule has 0 radical (unpaired) electrons. The molecule has 344 valence electrons. The van der Waals surface area contributed by atoms with E-state index in [4.69, 9.17) is 14.2 Å². The van der Waals surface area contributed by atoms with Gasteiger partial charge in [0.2, 0.25) is 0 Å². The minimum atomic E-state index is -0.805. The van der Waals surface area contributed by atoms with Crippen molar-refractivity contribution >= 4 is 17.9 Å². The normalized spacial score (nSPS) is 13.0. The fourth-order valence-electron chi connectivity index (χ4n) is 6.23. The number of carbonyl (C=O) groups excluding carboxylic acids is 3. The highest BCUT2D eigenvalue weighted by molar-refractivity contribution is 5.71. The van der Waals surface area contributed by atoms with E-state index in [-0.39, 0.29) is 31.1 Å². The van der Waals surface area contributed by atoms with E-state index in [1.807, 2.05) is 0 Å². The van der Waals surface area contributed by atoms with Crippen molar-refractivity contribution in [3.05, 3.63) is 109 Å². The average Bonchev–Trinajstić information content (AvgIpc) is 3.26. The Morgan fingerprint density at radius 3 is 1.11 bits per heavy atom. The third-order valence-electron chi connectivity index (χ3n) is 9.81. The van der Waals surface area contributed by atoms with E-state index < -0.39 is 6.10 Å². The van der Waals surface area contributed by atoms with Gasteiger partial charge in [-0.15, -0.1) is 0 Å². The number of rotatable bonds is 42. The van der Waals surface area contributed by atoms with Gasteiger partial charge in [0.15, 0.2) is 6.10 Å². The van der Waals surface area contributed by atoms with Gasteiger partial charge in [0.25, 0.3) is 0 Å². The second-order valence-corrected chi connectivity index (χ2v) is 15.6. The van der Waals surface area contributed by atoms with Gasteiger partial charge in [-0.1, -0.05) is 188 Å². The van der Waals surface area contributed by atoms with Gasteiger partial charge in [-0.3, -0.25) is 14.4 Å². The van der Waals surface area contributed by atoms with Crippen LogP contribution in [0.5, 0.6) is 0 Å². The number of esters is 3. The fraction of sp³-hybridized carbons (Fsp3) is 0.618. The number of ether oxygens (including phenoxy) is 3. The minimum Gasteiger partial charge on any atom is -0.462 e. The van der Waals surface area contributed by atoms with E-state index in [1.165, 1.54) is 25.7 Å². The molecule has 0 aliphatic carbocycles. The maximum Gasteiger partial charge on any atom is 0.306 e. The predicted molar refractivity (Wildman–Crippen MR) is 260 cm³/mol. The van der Waals surface area contributed by atoms with Gasteiger partial charge >= 0.3 is 17.9 Å². The quantitative estimate of drug-likeness (QED) is 0.0200. The van der Waals surface area contributed by atoms with Crippen LogP contribution < -0.4 is 0 Å². The van der Waals surface area contributed by atoms with Crippen LogP contribution in [0, 0.1) is 0 Å².